The van der Waals surface area contributed by atoms with E-state index in [0.717, 1.165) is 17.9 Å². The maximum absolute atomic E-state index is 11.9. The summed E-state index contributed by atoms with van der Waals surface area (Å²) in [5.41, 5.74) is -0.564. The fourth-order valence-electron chi connectivity index (χ4n) is 3.35. The predicted molar refractivity (Wildman–Crippen MR) is 73.6 cm³/mol. The minimum Gasteiger partial charge on any atom is -0.500 e. The average Bonchev–Trinajstić information content (AvgIpc) is 2.95. The summed E-state index contributed by atoms with van der Waals surface area (Å²) in [5, 5.41) is 0. The number of thioether (sulfide) groups is 1. The van der Waals surface area contributed by atoms with Gasteiger partial charge in [0, 0.05) is 18.8 Å². The molecule has 4 atom stereocenters. The number of carbonyl (C=O) groups is 1. The Morgan fingerprint density at radius 3 is 2.67 bits per heavy atom. The van der Waals surface area contributed by atoms with Crippen LogP contribution in [0, 0.1) is 17.3 Å². The van der Waals surface area contributed by atoms with Crippen molar-refractivity contribution in [3.05, 3.63) is 11.8 Å². The number of methoxy groups -OCH3 is 2. The van der Waals surface area contributed by atoms with Crippen LogP contribution < -0.4 is 0 Å². The molecule has 0 amide bonds. The Bertz CT molecular complexity index is 393. The second-order valence-corrected chi connectivity index (χ2v) is 6.42. The normalized spacial score (nSPS) is 41.9. The van der Waals surface area contributed by atoms with Crippen LogP contribution in [-0.4, -0.2) is 37.6 Å². The summed E-state index contributed by atoms with van der Waals surface area (Å²) in [6.07, 6.45) is 5.05. The summed E-state index contributed by atoms with van der Waals surface area (Å²) >= 11 is 1.80. The number of rotatable bonds is 5. The molecule has 4 heteroatoms. The highest BCUT2D eigenvalue weighted by Gasteiger charge is 2.68. The van der Waals surface area contributed by atoms with Crippen molar-refractivity contribution in [3.8, 4) is 0 Å². The van der Waals surface area contributed by atoms with Gasteiger partial charge >= 0.3 is 0 Å². The summed E-state index contributed by atoms with van der Waals surface area (Å²) in [5.74, 6) is 2.81. The minimum atomic E-state index is -0.478. The first kappa shape index (κ1) is 13.9. The highest BCUT2D eigenvalue weighted by molar-refractivity contribution is 7.98. The van der Waals surface area contributed by atoms with Gasteiger partial charge in [-0.15, -0.1) is 0 Å². The highest BCUT2D eigenvalue weighted by Crippen LogP contribution is 2.64. The Labute approximate surface area is 113 Å². The maximum Gasteiger partial charge on any atom is 0.143 e. The summed E-state index contributed by atoms with van der Waals surface area (Å²) in [6.45, 7) is 3.64. The van der Waals surface area contributed by atoms with Crippen LogP contribution in [-0.2, 0) is 14.3 Å². The van der Waals surface area contributed by atoms with Crippen LogP contribution in [0.4, 0.5) is 0 Å². The van der Waals surface area contributed by atoms with E-state index in [1.54, 1.807) is 32.9 Å². The van der Waals surface area contributed by atoms with Crippen LogP contribution in [0.25, 0.3) is 0 Å². The van der Waals surface area contributed by atoms with Gasteiger partial charge in [-0.1, -0.05) is 0 Å². The molecule has 1 saturated carbocycles. The van der Waals surface area contributed by atoms with Crippen molar-refractivity contribution in [2.45, 2.75) is 25.9 Å². The first-order chi connectivity index (χ1) is 8.46. The third-order valence-electron chi connectivity index (χ3n) is 4.77. The summed E-state index contributed by atoms with van der Waals surface area (Å²) < 4.78 is 11.2. The standard InChI is InChI=1S/C14H22O3S/c1-9(15)13(2)7-11-10(6-12(13)16-3)14(11,17-4)8-18-5/h6,10-11H,7-8H2,1-5H3/t10-,11+,13-,14-/m1/s1. The molecule has 0 bridgehead atoms. The average molecular weight is 270 g/mol. The number of Topliss-reactive ketones (excluding diaryl/α,β-unsaturated/α-hetero) is 1. The van der Waals surface area contributed by atoms with Crippen LogP contribution in [0.5, 0.6) is 0 Å². The van der Waals surface area contributed by atoms with Crippen LogP contribution in [0.3, 0.4) is 0 Å². The van der Waals surface area contributed by atoms with E-state index in [2.05, 4.69) is 12.3 Å². The molecular formula is C14H22O3S. The molecular weight excluding hydrogens is 248 g/mol. The third-order valence-corrected chi connectivity index (χ3v) is 5.51. The number of ketones is 1. The van der Waals surface area contributed by atoms with E-state index in [1.165, 1.54) is 0 Å². The van der Waals surface area contributed by atoms with Gasteiger partial charge in [-0.05, 0) is 38.5 Å². The van der Waals surface area contributed by atoms with Gasteiger partial charge < -0.3 is 9.47 Å². The van der Waals surface area contributed by atoms with Crippen LogP contribution in [0.2, 0.25) is 0 Å². The maximum atomic E-state index is 11.9. The van der Waals surface area contributed by atoms with Crippen LogP contribution in [0.15, 0.2) is 11.8 Å². The van der Waals surface area contributed by atoms with E-state index < -0.39 is 5.41 Å². The van der Waals surface area contributed by atoms with Crippen molar-refractivity contribution < 1.29 is 14.3 Å². The molecule has 0 unspecified atom stereocenters. The Morgan fingerprint density at radius 1 is 1.56 bits per heavy atom. The van der Waals surface area contributed by atoms with Crippen molar-refractivity contribution in [2.24, 2.45) is 17.3 Å². The van der Waals surface area contributed by atoms with E-state index in [-0.39, 0.29) is 11.4 Å². The molecule has 0 saturated heterocycles. The van der Waals surface area contributed by atoms with Crippen molar-refractivity contribution in [1.29, 1.82) is 0 Å². The van der Waals surface area contributed by atoms with Gasteiger partial charge in [0.15, 0.2) is 0 Å². The molecule has 0 aromatic rings. The quantitative estimate of drug-likeness (QED) is 0.769. The zero-order chi connectivity index (χ0) is 13.6. The third kappa shape index (κ3) is 1.73. The van der Waals surface area contributed by atoms with Crippen molar-refractivity contribution in [1.82, 2.24) is 0 Å². The van der Waals surface area contributed by atoms with E-state index in [1.807, 2.05) is 6.92 Å². The molecule has 1 fully saturated rings. The number of ether oxygens (including phenoxy) is 2. The molecule has 0 N–H and O–H groups in total. The largest absolute Gasteiger partial charge is 0.500 e. The van der Waals surface area contributed by atoms with Gasteiger partial charge in [-0.25, -0.2) is 0 Å². The molecule has 0 aromatic carbocycles. The first-order valence-electron chi connectivity index (χ1n) is 6.27. The summed E-state index contributed by atoms with van der Waals surface area (Å²) in [6, 6.07) is 0. The number of fused-ring (bicyclic) bond motifs is 1. The van der Waals surface area contributed by atoms with Gasteiger partial charge in [-0.2, -0.15) is 11.8 Å². The first-order valence-corrected chi connectivity index (χ1v) is 7.67. The lowest BCUT2D eigenvalue weighted by Crippen LogP contribution is -2.32. The lowest BCUT2D eigenvalue weighted by Gasteiger charge is -2.31. The van der Waals surface area contributed by atoms with Gasteiger partial charge in [0.05, 0.1) is 18.1 Å². The molecule has 0 spiro atoms. The summed E-state index contributed by atoms with van der Waals surface area (Å²) in [4.78, 5) is 11.9. The zero-order valence-corrected chi connectivity index (χ0v) is 12.6. The Kier molecular flexibility index (Phi) is 3.54. The molecule has 3 nitrogen and oxygen atoms in total. The molecule has 2 aliphatic carbocycles. The molecule has 2 rings (SSSR count). The van der Waals surface area contributed by atoms with E-state index in [0.29, 0.717) is 11.8 Å². The predicted octanol–water partition coefficient (Wildman–Crippen LogP) is 2.51. The number of carbonyl (C=O) groups excluding carboxylic acids is 1. The molecule has 0 radical (unpaired) electrons. The molecule has 0 aliphatic heterocycles. The van der Waals surface area contributed by atoms with Gasteiger partial charge in [0.25, 0.3) is 0 Å². The monoisotopic (exact) mass is 270 g/mol. The van der Waals surface area contributed by atoms with Crippen LogP contribution >= 0.6 is 11.8 Å². The van der Waals surface area contributed by atoms with E-state index >= 15 is 0 Å². The Morgan fingerprint density at radius 2 is 2.22 bits per heavy atom. The molecule has 0 aromatic heterocycles. The number of hydrogen-bond acceptors (Lipinski definition) is 4. The lowest BCUT2D eigenvalue weighted by atomic mass is 9.76. The molecule has 0 heterocycles. The molecule has 102 valence electrons. The fourth-order valence-corrected chi connectivity index (χ4v) is 4.33. The van der Waals surface area contributed by atoms with Crippen molar-refractivity contribution in [2.75, 3.05) is 26.2 Å². The van der Waals surface area contributed by atoms with Crippen molar-refractivity contribution >= 4 is 17.5 Å². The van der Waals surface area contributed by atoms with E-state index in [9.17, 15) is 4.79 Å². The fraction of sp³-hybridized carbons (Fsp3) is 0.786. The second-order valence-electron chi connectivity index (χ2n) is 5.55. The molecule has 2 aliphatic rings. The van der Waals surface area contributed by atoms with Crippen LogP contribution in [0.1, 0.15) is 20.3 Å². The van der Waals surface area contributed by atoms with E-state index in [4.69, 9.17) is 9.47 Å². The lowest BCUT2D eigenvalue weighted by molar-refractivity contribution is -0.126. The van der Waals surface area contributed by atoms with Gasteiger partial charge in [0.2, 0.25) is 0 Å². The smallest absolute Gasteiger partial charge is 0.143 e. The minimum absolute atomic E-state index is 0.0869. The van der Waals surface area contributed by atoms with Crippen molar-refractivity contribution in [3.63, 3.8) is 0 Å². The molecule has 18 heavy (non-hydrogen) atoms. The highest BCUT2D eigenvalue weighted by atomic mass is 32.2. The Balaban J connectivity index is 2.31. The van der Waals surface area contributed by atoms with Gasteiger partial charge in [0.1, 0.15) is 11.5 Å². The SMILES string of the molecule is COC1=C[C@@H]2[C@H](C[C@]1(C)C(C)=O)[C@]2(CSC)OC. The van der Waals surface area contributed by atoms with Gasteiger partial charge in [-0.3, -0.25) is 4.79 Å². The number of allylic oxidation sites excluding steroid dienone is 1. The summed E-state index contributed by atoms with van der Waals surface area (Å²) in [7, 11) is 3.43. The second kappa shape index (κ2) is 4.57. The zero-order valence-electron chi connectivity index (χ0n) is 11.8. The topological polar surface area (TPSA) is 35.5 Å². The number of hydrogen-bond donors (Lipinski definition) is 0. The Hall–Kier alpha value is -0.480.